The van der Waals surface area contributed by atoms with Crippen LogP contribution in [0.25, 0.3) is 0 Å². The molecule has 0 amide bonds. The molecule has 2 aliphatic carbocycles. The summed E-state index contributed by atoms with van der Waals surface area (Å²) in [5.74, 6) is 0.497. The van der Waals surface area contributed by atoms with Gasteiger partial charge < -0.3 is 5.11 Å². The van der Waals surface area contributed by atoms with Gasteiger partial charge in [0.05, 0.1) is 6.10 Å². The molecule has 0 aromatic heterocycles. The van der Waals surface area contributed by atoms with Gasteiger partial charge in [-0.15, -0.1) is 0 Å². The van der Waals surface area contributed by atoms with Crippen LogP contribution in [-0.4, -0.2) is 11.2 Å². The van der Waals surface area contributed by atoms with Crippen molar-refractivity contribution in [3.63, 3.8) is 0 Å². The van der Waals surface area contributed by atoms with E-state index in [-0.39, 0.29) is 6.10 Å². The van der Waals surface area contributed by atoms with E-state index in [1.807, 2.05) is 0 Å². The summed E-state index contributed by atoms with van der Waals surface area (Å²) < 4.78 is 0. The number of aliphatic hydroxyl groups is 1. The fourth-order valence-electron chi connectivity index (χ4n) is 3.51. The van der Waals surface area contributed by atoms with Gasteiger partial charge in [-0.05, 0) is 55.4 Å². The fraction of sp³-hybridized carbons (Fsp3) is 0.867. The highest BCUT2D eigenvalue weighted by molar-refractivity contribution is 5.13. The Bertz CT molecular complexity index is 265. The molecule has 1 nitrogen and oxygen atoms in total. The van der Waals surface area contributed by atoms with Gasteiger partial charge in [-0.1, -0.05) is 32.8 Å². The minimum absolute atomic E-state index is 0.157. The average molecular weight is 222 g/mol. The van der Waals surface area contributed by atoms with E-state index in [9.17, 15) is 5.11 Å². The molecule has 0 saturated heterocycles. The number of rotatable bonds is 2. The zero-order valence-electron chi connectivity index (χ0n) is 10.8. The van der Waals surface area contributed by atoms with Crippen LogP contribution in [-0.2, 0) is 0 Å². The highest BCUT2D eigenvalue weighted by Gasteiger charge is 2.39. The largest absolute Gasteiger partial charge is 0.388 e. The van der Waals surface area contributed by atoms with Crippen LogP contribution < -0.4 is 0 Å². The van der Waals surface area contributed by atoms with E-state index in [2.05, 4.69) is 19.9 Å². The Hall–Kier alpha value is -0.300. The van der Waals surface area contributed by atoms with Gasteiger partial charge in [0.1, 0.15) is 0 Å². The maximum absolute atomic E-state index is 10.6. The molecule has 2 rings (SSSR count). The fourth-order valence-corrected chi connectivity index (χ4v) is 3.51. The first-order chi connectivity index (χ1) is 7.61. The molecule has 2 atom stereocenters. The Kier molecular flexibility index (Phi) is 3.73. The third-order valence-electron chi connectivity index (χ3n) is 4.68. The molecule has 1 fully saturated rings. The van der Waals surface area contributed by atoms with Crippen LogP contribution in [0.1, 0.15) is 65.2 Å². The van der Waals surface area contributed by atoms with Crippen molar-refractivity contribution in [1.82, 2.24) is 0 Å². The molecule has 92 valence electrons. The van der Waals surface area contributed by atoms with Crippen molar-refractivity contribution >= 4 is 0 Å². The van der Waals surface area contributed by atoms with Crippen molar-refractivity contribution < 1.29 is 5.11 Å². The van der Waals surface area contributed by atoms with Crippen molar-refractivity contribution in [3.8, 4) is 0 Å². The smallest absolute Gasteiger partial charge is 0.0783 e. The Morgan fingerprint density at radius 1 is 1.25 bits per heavy atom. The van der Waals surface area contributed by atoms with Gasteiger partial charge in [0.25, 0.3) is 0 Å². The Labute approximate surface area is 99.9 Å². The minimum atomic E-state index is -0.157. The van der Waals surface area contributed by atoms with Crippen LogP contribution >= 0.6 is 0 Å². The maximum atomic E-state index is 10.6. The molecule has 16 heavy (non-hydrogen) atoms. The van der Waals surface area contributed by atoms with Gasteiger partial charge in [-0.3, -0.25) is 0 Å². The Balaban J connectivity index is 2.05. The summed E-state index contributed by atoms with van der Waals surface area (Å²) >= 11 is 0. The van der Waals surface area contributed by atoms with E-state index in [0.717, 1.165) is 6.42 Å². The number of aliphatic hydroxyl groups excluding tert-OH is 1. The monoisotopic (exact) mass is 222 g/mol. The first-order valence-corrected chi connectivity index (χ1v) is 6.98. The van der Waals surface area contributed by atoms with Gasteiger partial charge in [0, 0.05) is 0 Å². The molecule has 1 saturated carbocycles. The normalized spacial score (nSPS) is 31.9. The van der Waals surface area contributed by atoms with Crippen LogP contribution in [0.3, 0.4) is 0 Å². The second kappa shape index (κ2) is 4.91. The van der Waals surface area contributed by atoms with E-state index in [1.54, 1.807) is 0 Å². The van der Waals surface area contributed by atoms with Crippen LogP contribution in [0, 0.1) is 11.3 Å². The van der Waals surface area contributed by atoms with Crippen LogP contribution in [0.4, 0.5) is 0 Å². The molecular formula is C15H26O. The van der Waals surface area contributed by atoms with Crippen molar-refractivity contribution in [1.29, 1.82) is 0 Å². The number of hydrogen-bond acceptors (Lipinski definition) is 1. The highest BCUT2D eigenvalue weighted by Crippen LogP contribution is 2.46. The summed E-state index contributed by atoms with van der Waals surface area (Å²) in [5.41, 5.74) is 1.68. The average Bonchev–Trinajstić information content (AvgIpc) is 2.48. The van der Waals surface area contributed by atoms with Crippen molar-refractivity contribution in [2.24, 2.45) is 11.3 Å². The lowest BCUT2D eigenvalue weighted by atomic mass is 9.76. The van der Waals surface area contributed by atoms with Crippen LogP contribution in [0.2, 0.25) is 0 Å². The molecule has 0 bridgehead atoms. The molecule has 0 radical (unpaired) electrons. The summed E-state index contributed by atoms with van der Waals surface area (Å²) in [7, 11) is 0. The maximum Gasteiger partial charge on any atom is 0.0783 e. The summed E-state index contributed by atoms with van der Waals surface area (Å²) in [4.78, 5) is 0. The van der Waals surface area contributed by atoms with E-state index < -0.39 is 0 Å². The topological polar surface area (TPSA) is 20.2 Å². The summed E-state index contributed by atoms with van der Waals surface area (Å²) in [6.07, 6.45) is 12.2. The summed E-state index contributed by atoms with van der Waals surface area (Å²) in [6.45, 7) is 4.65. The highest BCUT2D eigenvalue weighted by atomic mass is 16.3. The number of allylic oxidation sites excluding steroid dienone is 1. The van der Waals surface area contributed by atoms with E-state index in [0.29, 0.717) is 11.3 Å². The molecule has 0 aliphatic heterocycles. The SMILES string of the molecule is CC1(C)CCCC1C(O)C1=CCCCCC1. The van der Waals surface area contributed by atoms with E-state index in [1.165, 1.54) is 50.5 Å². The van der Waals surface area contributed by atoms with Crippen molar-refractivity contribution in [3.05, 3.63) is 11.6 Å². The van der Waals surface area contributed by atoms with Gasteiger partial charge in [-0.25, -0.2) is 0 Å². The quantitative estimate of drug-likeness (QED) is 0.698. The molecule has 1 heteroatoms. The summed E-state index contributed by atoms with van der Waals surface area (Å²) in [6, 6.07) is 0. The van der Waals surface area contributed by atoms with Gasteiger partial charge in [0.15, 0.2) is 0 Å². The molecular weight excluding hydrogens is 196 g/mol. The Morgan fingerprint density at radius 2 is 2.06 bits per heavy atom. The van der Waals surface area contributed by atoms with Crippen LogP contribution in [0.5, 0.6) is 0 Å². The van der Waals surface area contributed by atoms with Gasteiger partial charge in [-0.2, -0.15) is 0 Å². The van der Waals surface area contributed by atoms with Crippen molar-refractivity contribution in [2.45, 2.75) is 71.3 Å². The van der Waals surface area contributed by atoms with Gasteiger partial charge in [0.2, 0.25) is 0 Å². The lowest BCUT2D eigenvalue weighted by Crippen LogP contribution is -2.31. The minimum Gasteiger partial charge on any atom is -0.388 e. The molecule has 0 spiro atoms. The number of hydrogen-bond donors (Lipinski definition) is 1. The van der Waals surface area contributed by atoms with Gasteiger partial charge >= 0.3 is 0 Å². The molecule has 0 aromatic carbocycles. The lowest BCUT2D eigenvalue weighted by Gasteiger charge is -2.32. The van der Waals surface area contributed by atoms with E-state index in [4.69, 9.17) is 0 Å². The predicted molar refractivity (Wildman–Crippen MR) is 68.3 cm³/mol. The third kappa shape index (κ3) is 2.51. The zero-order valence-corrected chi connectivity index (χ0v) is 10.8. The third-order valence-corrected chi connectivity index (χ3v) is 4.68. The lowest BCUT2D eigenvalue weighted by molar-refractivity contribution is 0.0779. The molecule has 1 N–H and O–H groups in total. The summed E-state index contributed by atoms with van der Waals surface area (Å²) in [5, 5.41) is 10.6. The zero-order chi connectivity index (χ0) is 11.6. The second-order valence-electron chi connectivity index (χ2n) is 6.31. The van der Waals surface area contributed by atoms with Crippen LogP contribution in [0.15, 0.2) is 11.6 Å². The Morgan fingerprint density at radius 3 is 2.75 bits per heavy atom. The molecule has 2 aliphatic rings. The van der Waals surface area contributed by atoms with E-state index >= 15 is 0 Å². The van der Waals surface area contributed by atoms with Crippen molar-refractivity contribution in [2.75, 3.05) is 0 Å². The predicted octanol–water partition coefficient (Wildman–Crippen LogP) is 4.06. The standard InChI is InChI=1S/C15H26O/c1-15(2)11-7-10-13(15)14(16)12-8-5-3-4-6-9-12/h8,13-14,16H,3-7,9-11H2,1-2H3. The molecule has 0 aromatic rings. The first-order valence-electron chi connectivity index (χ1n) is 6.98. The first kappa shape index (κ1) is 12.2. The molecule has 2 unspecified atom stereocenters. The molecule has 0 heterocycles. The second-order valence-corrected chi connectivity index (χ2v) is 6.31.